The van der Waals surface area contributed by atoms with E-state index in [1.165, 1.54) is 6.26 Å². The Morgan fingerprint density at radius 3 is 2.53 bits per heavy atom. The third kappa shape index (κ3) is 5.54. The van der Waals surface area contributed by atoms with Gasteiger partial charge in [-0.3, -0.25) is 4.90 Å². The fourth-order valence-electron chi connectivity index (χ4n) is 4.18. The number of nitrogens with zero attached hydrogens (tertiary/aromatic N) is 3. The van der Waals surface area contributed by atoms with E-state index in [0.717, 1.165) is 48.2 Å². The van der Waals surface area contributed by atoms with E-state index in [9.17, 15) is 12.8 Å². The first-order chi connectivity index (χ1) is 15.1. The summed E-state index contributed by atoms with van der Waals surface area (Å²) in [6.07, 6.45) is 6.92. The number of piperidine rings is 1. The van der Waals surface area contributed by atoms with Gasteiger partial charge in [-0.1, -0.05) is 6.07 Å². The predicted octanol–water partition coefficient (Wildman–Crippen LogP) is 4.16. The quantitative estimate of drug-likeness (QED) is 0.531. The van der Waals surface area contributed by atoms with Gasteiger partial charge in [-0.25, -0.2) is 17.8 Å². The Morgan fingerprint density at radius 1 is 1.16 bits per heavy atom. The molecule has 0 radical (unpaired) electrons. The van der Waals surface area contributed by atoms with Crippen LogP contribution in [-0.4, -0.2) is 60.5 Å². The highest BCUT2D eigenvalue weighted by Gasteiger charge is 2.25. The molecule has 2 aromatic heterocycles. The number of ether oxygens (including phenoxy) is 1. The zero-order valence-corrected chi connectivity index (χ0v) is 19.6. The Labute approximate surface area is 188 Å². The standard InChI is InChI=1S/C24H30FN3O3S/c1-24(2,25)17-27-11-9-20(10-12-27)31-16-18-4-7-23(26-15-18)28-13-8-19-14-21(32(3,29)30)5-6-22(19)28/h4-8,13-15,20H,9-12,16-17H2,1-3H3. The number of fused-ring (bicyclic) bond motifs is 1. The van der Waals surface area contributed by atoms with Crippen LogP contribution >= 0.6 is 0 Å². The molecule has 1 aliphatic heterocycles. The van der Waals surface area contributed by atoms with Crippen LogP contribution in [0, 0.1) is 0 Å². The van der Waals surface area contributed by atoms with Crippen LogP contribution in [0.3, 0.4) is 0 Å². The van der Waals surface area contributed by atoms with Gasteiger partial charge in [0.25, 0.3) is 0 Å². The van der Waals surface area contributed by atoms with E-state index in [-0.39, 0.29) is 6.10 Å². The lowest BCUT2D eigenvalue weighted by Crippen LogP contribution is -2.42. The molecule has 3 heterocycles. The van der Waals surface area contributed by atoms with E-state index in [1.54, 1.807) is 32.0 Å². The van der Waals surface area contributed by atoms with Gasteiger partial charge in [-0.15, -0.1) is 0 Å². The monoisotopic (exact) mass is 459 g/mol. The van der Waals surface area contributed by atoms with Crippen molar-refractivity contribution in [2.24, 2.45) is 0 Å². The highest BCUT2D eigenvalue weighted by molar-refractivity contribution is 7.90. The van der Waals surface area contributed by atoms with Crippen molar-refractivity contribution in [3.05, 3.63) is 54.4 Å². The van der Waals surface area contributed by atoms with Crippen molar-refractivity contribution < 1.29 is 17.5 Å². The maximum absolute atomic E-state index is 13.8. The summed E-state index contributed by atoms with van der Waals surface area (Å²) in [5.74, 6) is 0.762. The smallest absolute Gasteiger partial charge is 0.175 e. The van der Waals surface area contributed by atoms with Crippen molar-refractivity contribution >= 4 is 20.7 Å². The molecular weight excluding hydrogens is 429 g/mol. The van der Waals surface area contributed by atoms with Gasteiger partial charge in [0.2, 0.25) is 0 Å². The molecule has 0 bridgehead atoms. The van der Waals surface area contributed by atoms with E-state index in [1.807, 2.05) is 35.2 Å². The van der Waals surface area contributed by atoms with Gasteiger partial charge in [0.15, 0.2) is 9.84 Å². The van der Waals surface area contributed by atoms with Crippen LogP contribution in [0.15, 0.2) is 53.7 Å². The number of likely N-dealkylation sites (tertiary alicyclic amines) is 1. The van der Waals surface area contributed by atoms with Crippen LogP contribution in [0.25, 0.3) is 16.7 Å². The van der Waals surface area contributed by atoms with E-state index in [0.29, 0.717) is 18.0 Å². The second-order valence-electron chi connectivity index (χ2n) is 9.21. The SMILES string of the molecule is CC(C)(F)CN1CCC(OCc2ccc(-n3ccc4cc(S(C)(=O)=O)ccc43)nc2)CC1. The molecule has 1 aromatic carbocycles. The van der Waals surface area contributed by atoms with Crippen LogP contribution in [0.1, 0.15) is 32.3 Å². The average Bonchev–Trinajstić information content (AvgIpc) is 3.15. The van der Waals surface area contributed by atoms with Crippen molar-refractivity contribution in [2.45, 2.75) is 50.0 Å². The van der Waals surface area contributed by atoms with E-state index in [4.69, 9.17) is 4.74 Å². The number of benzene rings is 1. The molecule has 0 saturated carbocycles. The van der Waals surface area contributed by atoms with Crippen molar-refractivity contribution in [1.29, 1.82) is 0 Å². The molecule has 0 atom stereocenters. The molecule has 32 heavy (non-hydrogen) atoms. The number of alkyl halides is 1. The Kier molecular flexibility index (Phi) is 6.38. The summed E-state index contributed by atoms with van der Waals surface area (Å²) in [6.45, 7) is 5.92. The van der Waals surface area contributed by atoms with Crippen molar-refractivity contribution in [1.82, 2.24) is 14.5 Å². The highest BCUT2D eigenvalue weighted by atomic mass is 32.2. The molecule has 0 amide bonds. The number of hydrogen-bond donors (Lipinski definition) is 0. The molecule has 1 saturated heterocycles. The minimum atomic E-state index is -3.24. The second kappa shape index (κ2) is 8.92. The third-order valence-electron chi connectivity index (χ3n) is 5.77. The van der Waals surface area contributed by atoms with Gasteiger partial charge in [-0.2, -0.15) is 0 Å². The summed E-state index contributed by atoms with van der Waals surface area (Å²) < 4.78 is 45.4. The van der Waals surface area contributed by atoms with Crippen molar-refractivity contribution in [2.75, 3.05) is 25.9 Å². The van der Waals surface area contributed by atoms with Gasteiger partial charge in [0.1, 0.15) is 11.5 Å². The maximum Gasteiger partial charge on any atom is 0.175 e. The number of sulfone groups is 1. The van der Waals surface area contributed by atoms with Crippen LogP contribution in [0.5, 0.6) is 0 Å². The van der Waals surface area contributed by atoms with Crippen LogP contribution in [-0.2, 0) is 21.2 Å². The fourth-order valence-corrected chi connectivity index (χ4v) is 4.83. The lowest BCUT2D eigenvalue weighted by molar-refractivity contribution is -0.0114. The number of halogens is 1. The largest absolute Gasteiger partial charge is 0.373 e. The lowest BCUT2D eigenvalue weighted by atomic mass is 10.0. The van der Waals surface area contributed by atoms with Gasteiger partial charge in [0.05, 0.1) is 23.1 Å². The Bertz CT molecular complexity index is 1180. The molecule has 8 heteroatoms. The summed E-state index contributed by atoms with van der Waals surface area (Å²) in [7, 11) is -3.24. The summed E-state index contributed by atoms with van der Waals surface area (Å²) in [6, 6.07) is 10.9. The molecule has 3 aromatic rings. The molecule has 6 nitrogen and oxygen atoms in total. The van der Waals surface area contributed by atoms with E-state index < -0.39 is 15.5 Å². The third-order valence-corrected chi connectivity index (χ3v) is 6.88. The first-order valence-corrected chi connectivity index (χ1v) is 12.8. The molecule has 1 aliphatic rings. The predicted molar refractivity (Wildman–Crippen MR) is 124 cm³/mol. The van der Waals surface area contributed by atoms with Crippen LogP contribution < -0.4 is 0 Å². The summed E-state index contributed by atoms with van der Waals surface area (Å²) in [5.41, 5.74) is 0.733. The summed E-state index contributed by atoms with van der Waals surface area (Å²) in [5, 5.41) is 0.852. The average molecular weight is 460 g/mol. The second-order valence-corrected chi connectivity index (χ2v) is 11.2. The molecule has 0 aliphatic carbocycles. The minimum absolute atomic E-state index is 0.186. The number of rotatable bonds is 7. The lowest BCUT2D eigenvalue weighted by Gasteiger charge is -2.34. The molecule has 172 valence electrons. The Balaban J connectivity index is 1.36. The summed E-state index contributed by atoms with van der Waals surface area (Å²) >= 11 is 0. The van der Waals surface area contributed by atoms with E-state index >= 15 is 0 Å². The zero-order valence-electron chi connectivity index (χ0n) is 18.8. The minimum Gasteiger partial charge on any atom is -0.373 e. The fraction of sp³-hybridized carbons (Fsp3) is 0.458. The summed E-state index contributed by atoms with van der Waals surface area (Å²) in [4.78, 5) is 7.04. The molecule has 0 N–H and O–H groups in total. The topological polar surface area (TPSA) is 64.4 Å². The molecule has 0 spiro atoms. The number of aromatic nitrogens is 2. The molecular formula is C24H30FN3O3S. The van der Waals surface area contributed by atoms with E-state index in [2.05, 4.69) is 9.88 Å². The zero-order chi connectivity index (χ0) is 22.9. The number of hydrogen-bond acceptors (Lipinski definition) is 5. The van der Waals surface area contributed by atoms with Crippen molar-refractivity contribution in [3.63, 3.8) is 0 Å². The molecule has 4 rings (SSSR count). The Hall–Kier alpha value is -2.29. The molecule has 1 fully saturated rings. The van der Waals surface area contributed by atoms with Gasteiger partial charge >= 0.3 is 0 Å². The van der Waals surface area contributed by atoms with Gasteiger partial charge in [-0.05, 0) is 62.6 Å². The van der Waals surface area contributed by atoms with Crippen LogP contribution in [0.2, 0.25) is 0 Å². The van der Waals surface area contributed by atoms with Crippen LogP contribution in [0.4, 0.5) is 4.39 Å². The normalized spacial score (nSPS) is 16.6. The Morgan fingerprint density at radius 2 is 1.91 bits per heavy atom. The highest BCUT2D eigenvalue weighted by Crippen LogP contribution is 2.23. The first-order valence-electron chi connectivity index (χ1n) is 10.9. The maximum atomic E-state index is 13.8. The number of pyridine rings is 1. The van der Waals surface area contributed by atoms with Crippen molar-refractivity contribution in [3.8, 4) is 5.82 Å². The van der Waals surface area contributed by atoms with Gasteiger partial charge < -0.3 is 9.30 Å². The molecule has 0 unspecified atom stereocenters. The van der Waals surface area contributed by atoms with Gasteiger partial charge in [0, 0.05) is 43.7 Å². The first kappa shape index (κ1) is 22.9.